The summed E-state index contributed by atoms with van der Waals surface area (Å²) in [7, 11) is -2.67. The van der Waals surface area contributed by atoms with Crippen LogP contribution < -0.4 is 5.32 Å². The van der Waals surface area contributed by atoms with E-state index >= 15 is 0 Å². The summed E-state index contributed by atoms with van der Waals surface area (Å²) in [6.45, 7) is 0.929. The highest BCUT2D eigenvalue weighted by atomic mass is 31.2. The molecule has 1 amide bonds. The average Bonchev–Trinajstić information content (AvgIpc) is 2.94. The van der Waals surface area contributed by atoms with Crippen molar-refractivity contribution in [3.05, 3.63) is 0 Å². The fourth-order valence-corrected chi connectivity index (χ4v) is 3.06. The van der Waals surface area contributed by atoms with Gasteiger partial charge in [-0.3, -0.25) is 13.8 Å². The molecule has 1 atom stereocenters. The molecule has 0 aliphatic heterocycles. The fourth-order valence-electron chi connectivity index (χ4n) is 2.59. The van der Waals surface area contributed by atoms with Gasteiger partial charge in [-0.15, -0.1) is 0 Å². The summed E-state index contributed by atoms with van der Waals surface area (Å²) in [4.78, 5) is 20.7. The first kappa shape index (κ1) is 18.6. The third kappa shape index (κ3) is 9.25. The Morgan fingerprint density at radius 3 is 2.57 bits per heavy atom. The Bertz CT molecular complexity index is 344. The maximum absolute atomic E-state index is 11.7. The van der Waals surface area contributed by atoms with Crippen molar-refractivity contribution < 1.29 is 23.3 Å². The number of nitrogens with one attached hydrogen (secondary N) is 1. The van der Waals surface area contributed by atoms with E-state index in [1.807, 2.05) is 0 Å². The lowest BCUT2D eigenvalue weighted by Crippen LogP contribution is -2.26. The van der Waals surface area contributed by atoms with E-state index in [1.165, 1.54) is 25.7 Å². The molecule has 0 bridgehead atoms. The highest BCUT2D eigenvalue weighted by Crippen LogP contribution is 2.41. The first-order valence-electron chi connectivity index (χ1n) is 7.83. The van der Waals surface area contributed by atoms with Crippen LogP contribution in [0.1, 0.15) is 57.8 Å². The molecule has 0 radical (unpaired) electrons. The Hall–Kier alpha value is -0.420. The Kier molecular flexibility index (Phi) is 9.16. The van der Waals surface area contributed by atoms with E-state index in [1.54, 1.807) is 0 Å². The van der Waals surface area contributed by atoms with Crippen LogP contribution in [0.2, 0.25) is 0 Å². The molecule has 0 aromatic rings. The molecule has 124 valence electrons. The zero-order valence-corrected chi connectivity index (χ0v) is 13.8. The lowest BCUT2D eigenvalue weighted by atomic mass is 10.0. The Morgan fingerprint density at radius 1 is 1.24 bits per heavy atom. The molecule has 1 rings (SSSR count). The Balaban J connectivity index is 1.88. The van der Waals surface area contributed by atoms with Crippen molar-refractivity contribution in [3.63, 3.8) is 0 Å². The van der Waals surface area contributed by atoms with Crippen molar-refractivity contribution in [1.82, 2.24) is 5.32 Å². The molecule has 1 fully saturated rings. The van der Waals surface area contributed by atoms with Crippen molar-refractivity contribution >= 4 is 13.7 Å². The van der Waals surface area contributed by atoms with Crippen LogP contribution in [0.5, 0.6) is 0 Å². The standard InChI is InChI=1S/C14H28NO5P/c1-19-21(17,18)20-11-7-3-2-6-10-15-14(16)12-13-8-4-5-9-13/h13H,2-12H2,1H3,(H,15,16)(H,17,18). The maximum atomic E-state index is 11.7. The van der Waals surface area contributed by atoms with Gasteiger partial charge in [0.05, 0.1) is 6.61 Å². The zero-order valence-electron chi connectivity index (χ0n) is 12.9. The van der Waals surface area contributed by atoms with Gasteiger partial charge in [0.25, 0.3) is 0 Å². The third-order valence-electron chi connectivity index (χ3n) is 3.83. The number of amides is 1. The van der Waals surface area contributed by atoms with E-state index in [4.69, 9.17) is 9.42 Å². The monoisotopic (exact) mass is 321 g/mol. The van der Waals surface area contributed by atoms with Gasteiger partial charge in [-0.1, -0.05) is 25.7 Å². The molecule has 2 N–H and O–H groups in total. The summed E-state index contributed by atoms with van der Waals surface area (Å²) >= 11 is 0. The molecule has 1 aliphatic carbocycles. The number of hydrogen-bond acceptors (Lipinski definition) is 4. The van der Waals surface area contributed by atoms with Crippen LogP contribution in [0.15, 0.2) is 0 Å². The SMILES string of the molecule is COP(=O)(O)OCCCCCCNC(=O)CC1CCCC1. The average molecular weight is 321 g/mol. The topological polar surface area (TPSA) is 84.9 Å². The number of hydrogen-bond donors (Lipinski definition) is 2. The van der Waals surface area contributed by atoms with Crippen LogP contribution >= 0.6 is 7.82 Å². The Labute approximate surface area is 127 Å². The minimum absolute atomic E-state index is 0.173. The summed E-state index contributed by atoms with van der Waals surface area (Å²) in [5.74, 6) is 0.767. The van der Waals surface area contributed by atoms with E-state index in [0.717, 1.165) is 26.4 Å². The first-order valence-corrected chi connectivity index (χ1v) is 9.33. The second-order valence-electron chi connectivity index (χ2n) is 5.60. The molecule has 0 saturated heterocycles. The van der Waals surface area contributed by atoms with Gasteiger partial charge in [-0.25, -0.2) is 4.57 Å². The van der Waals surface area contributed by atoms with Crippen LogP contribution in [0.25, 0.3) is 0 Å². The third-order valence-corrected chi connectivity index (χ3v) is 4.80. The van der Waals surface area contributed by atoms with Gasteiger partial charge in [0.1, 0.15) is 0 Å². The highest BCUT2D eigenvalue weighted by molar-refractivity contribution is 7.47. The summed E-state index contributed by atoms with van der Waals surface area (Å²) in [6.07, 6.45) is 9.12. The van der Waals surface area contributed by atoms with E-state index in [9.17, 15) is 9.36 Å². The molecule has 6 nitrogen and oxygen atoms in total. The van der Waals surface area contributed by atoms with Crippen LogP contribution in [0, 0.1) is 5.92 Å². The fraction of sp³-hybridized carbons (Fsp3) is 0.929. The second kappa shape index (κ2) is 10.3. The largest absolute Gasteiger partial charge is 0.471 e. The molecule has 0 heterocycles. The summed E-state index contributed by atoms with van der Waals surface area (Å²) in [5.41, 5.74) is 0. The quantitative estimate of drug-likeness (QED) is 0.451. The predicted octanol–water partition coefficient (Wildman–Crippen LogP) is 3.01. The smallest absolute Gasteiger partial charge is 0.356 e. The summed E-state index contributed by atoms with van der Waals surface area (Å²) < 4.78 is 20.0. The molecule has 1 saturated carbocycles. The lowest BCUT2D eigenvalue weighted by molar-refractivity contribution is -0.121. The zero-order chi connectivity index (χ0) is 15.6. The number of carbonyl (C=O) groups is 1. The van der Waals surface area contributed by atoms with Crippen LogP contribution in [0.4, 0.5) is 0 Å². The molecular formula is C14H28NO5P. The van der Waals surface area contributed by atoms with Crippen molar-refractivity contribution in [2.45, 2.75) is 57.8 Å². The van der Waals surface area contributed by atoms with E-state index in [0.29, 0.717) is 25.3 Å². The Morgan fingerprint density at radius 2 is 1.90 bits per heavy atom. The lowest BCUT2D eigenvalue weighted by Gasteiger charge is -2.10. The number of phosphoric ester groups is 1. The predicted molar refractivity (Wildman–Crippen MR) is 80.8 cm³/mol. The van der Waals surface area contributed by atoms with Crippen LogP contribution in [-0.2, 0) is 18.4 Å². The van der Waals surface area contributed by atoms with E-state index < -0.39 is 7.82 Å². The van der Waals surface area contributed by atoms with E-state index in [-0.39, 0.29) is 12.5 Å². The molecule has 1 unspecified atom stereocenters. The molecule has 0 spiro atoms. The van der Waals surface area contributed by atoms with Gasteiger partial charge in [0, 0.05) is 20.1 Å². The molecule has 0 aromatic carbocycles. The van der Waals surface area contributed by atoms with Gasteiger partial charge < -0.3 is 10.2 Å². The van der Waals surface area contributed by atoms with Gasteiger partial charge in [-0.2, -0.15) is 0 Å². The second-order valence-corrected chi connectivity index (χ2v) is 7.16. The molecule has 1 aliphatic rings. The van der Waals surface area contributed by atoms with Crippen LogP contribution in [0.3, 0.4) is 0 Å². The number of unbranched alkanes of at least 4 members (excludes halogenated alkanes) is 3. The van der Waals surface area contributed by atoms with Crippen molar-refractivity contribution in [2.75, 3.05) is 20.3 Å². The van der Waals surface area contributed by atoms with Crippen molar-refractivity contribution in [3.8, 4) is 0 Å². The van der Waals surface area contributed by atoms with Crippen molar-refractivity contribution in [2.24, 2.45) is 5.92 Å². The highest BCUT2D eigenvalue weighted by Gasteiger charge is 2.18. The van der Waals surface area contributed by atoms with Gasteiger partial charge >= 0.3 is 7.82 Å². The maximum Gasteiger partial charge on any atom is 0.471 e. The number of carbonyl (C=O) groups excluding carboxylic acids is 1. The number of rotatable bonds is 11. The van der Waals surface area contributed by atoms with Gasteiger partial charge in [0.2, 0.25) is 5.91 Å². The van der Waals surface area contributed by atoms with Gasteiger partial charge in [0.15, 0.2) is 0 Å². The summed E-state index contributed by atoms with van der Waals surface area (Å²) in [6, 6.07) is 0. The summed E-state index contributed by atoms with van der Waals surface area (Å²) in [5, 5.41) is 2.96. The van der Waals surface area contributed by atoms with Crippen LogP contribution in [-0.4, -0.2) is 31.1 Å². The molecule has 21 heavy (non-hydrogen) atoms. The molecule has 7 heteroatoms. The minimum atomic E-state index is -3.82. The van der Waals surface area contributed by atoms with E-state index in [2.05, 4.69) is 9.84 Å². The van der Waals surface area contributed by atoms with Crippen molar-refractivity contribution in [1.29, 1.82) is 0 Å². The normalized spacial score (nSPS) is 18.6. The molecule has 0 aromatic heterocycles. The minimum Gasteiger partial charge on any atom is -0.356 e. The number of phosphoric acid groups is 1. The van der Waals surface area contributed by atoms with Gasteiger partial charge in [-0.05, 0) is 31.6 Å². The first-order chi connectivity index (χ1) is 10.0. The molecular weight excluding hydrogens is 293 g/mol.